The molecule has 0 aromatic heterocycles. The highest BCUT2D eigenvalue weighted by molar-refractivity contribution is 5.67. The highest BCUT2D eigenvalue weighted by Gasteiger charge is 2.08. The molecule has 1 nitrogen and oxygen atoms in total. The van der Waals surface area contributed by atoms with Crippen LogP contribution in [-0.2, 0) is 0 Å². The third-order valence-electron chi connectivity index (χ3n) is 3.65. The zero-order valence-corrected chi connectivity index (χ0v) is 11.7. The molecular formula is C17H20FN. The minimum atomic E-state index is -0.150. The molecule has 0 bridgehead atoms. The highest BCUT2D eigenvalue weighted by Crippen LogP contribution is 2.26. The van der Waals surface area contributed by atoms with E-state index in [9.17, 15) is 4.39 Å². The minimum Gasteiger partial charge on any atom is -0.313 e. The van der Waals surface area contributed by atoms with Crippen molar-refractivity contribution >= 4 is 0 Å². The van der Waals surface area contributed by atoms with Crippen molar-refractivity contribution in [3.8, 4) is 11.1 Å². The van der Waals surface area contributed by atoms with Crippen LogP contribution >= 0.6 is 0 Å². The van der Waals surface area contributed by atoms with Gasteiger partial charge in [-0.1, -0.05) is 43.3 Å². The van der Waals surface area contributed by atoms with E-state index in [4.69, 9.17) is 0 Å². The first-order chi connectivity index (χ1) is 9.17. The number of nitrogens with one attached hydrogen (secondary N) is 1. The fraction of sp³-hybridized carbons (Fsp3) is 0.294. The van der Waals surface area contributed by atoms with Crippen molar-refractivity contribution < 1.29 is 4.39 Å². The Labute approximate surface area is 114 Å². The molecule has 100 valence electrons. The normalized spacial score (nSPS) is 12.4. The molecule has 2 heteroatoms. The zero-order valence-electron chi connectivity index (χ0n) is 11.7. The maximum atomic E-state index is 13.6. The summed E-state index contributed by atoms with van der Waals surface area (Å²) in [5.74, 6) is -0.150. The van der Waals surface area contributed by atoms with Crippen LogP contribution in [0.4, 0.5) is 4.39 Å². The average molecular weight is 257 g/mol. The molecule has 2 aromatic carbocycles. The van der Waals surface area contributed by atoms with E-state index >= 15 is 0 Å². The summed E-state index contributed by atoms with van der Waals surface area (Å²) >= 11 is 0. The van der Waals surface area contributed by atoms with Gasteiger partial charge < -0.3 is 5.32 Å². The molecule has 0 fully saturated rings. The van der Waals surface area contributed by atoms with Crippen LogP contribution in [0.5, 0.6) is 0 Å². The summed E-state index contributed by atoms with van der Waals surface area (Å²) in [5.41, 5.74) is 3.99. The van der Waals surface area contributed by atoms with E-state index in [0.717, 1.165) is 17.5 Å². The van der Waals surface area contributed by atoms with Gasteiger partial charge in [0.1, 0.15) is 5.82 Å². The van der Waals surface area contributed by atoms with Gasteiger partial charge in [0.05, 0.1) is 0 Å². The third kappa shape index (κ3) is 2.85. The fourth-order valence-electron chi connectivity index (χ4n) is 2.42. The molecule has 2 aromatic rings. The van der Waals surface area contributed by atoms with Crippen molar-refractivity contribution in [3.63, 3.8) is 0 Å². The molecule has 0 heterocycles. The van der Waals surface area contributed by atoms with Gasteiger partial charge in [-0.25, -0.2) is 4.39 Å². The van der Waals surface area contributed by atoms with Crippen LogP contribution in [0.25, 0.3) is 11.1 Å². The Morgan fingerprint density at radius 3 is 2.37 bits per heavy atom. The van der Waals surface area contributed by atoms with Crippen molar-refractivity contribution in [3.05, 3.63) is 59.4 Å². The molecule has 0 amide bonds. The van der Waals surface area contributed by atoms with Gasteiger partial charge in [0.15, 0.2) is 0 Å². The molecule has 1 N–H and O–H groups in total. The van der Waals surface area contributed by atoms with Crippen LogP contribution in [0.1, 0.15) is 30.5 Å². The molecule has 2 rings (SSSR count). The van der Waals surface area contributed by atoms with Crippen LogP contribution in [0.15, 0.2) is 42.5 Å². The predicted octanol–water partition coefficient (Wildman–Crippen LogP) is 4.47. The Kier molecular flexibility index (Phi) is 4.33. The summed E-state index contributed by atoms with van der Waals surface area (Å²) in [6.45, 7) is 3.98. The van der Waals surface area contributed by atoms with Crippen molar-refractivity contribution in [1.82, 2.24) is 5.32 Å². The maximum Gasteiger partial charge on any atom is 0.126 e. The molecule has 0 saturated heterocycles. The Balaban J connectivity index is 2.35. The molecule has 0 aliphatic carbocycles. The van der Waals surface area contributed by atoms with Gasteiger partial charge in [-0.05, 0) is 48.7 Å². The second kappa shape index (κ2) is 5.98. The summed E-state index contributed by atoms with van der Waals surface area (Å²) < 4.78 is 13.6. The summed E-state index contributed by atoms with van der Waals surface area (Å²) in [6.07, 6.45) is 1.05. The lowest BCUT2D eigenvalue weighted by Crippen LogP contribution is -2.14. The number of hydrogen-bond acceptors (Lipinski definition) is 1. The smallest absolute Gasteiger partial charge is 0.126 e. The predicted molar refractivity (Wildman–Crippen MR) is 78.7 cm³/mol. The van der Waals surface area contributed by atoms with Crippen molar-refractivity contribution in [2.45, 2.75) is 26.3 Å². The van der Waals surface area contributed by atoms with Gasteiger partial charge in [-0.2, -0.15) is 0 Å². The largest absolute Gasteiger partial charge is 0.313 e. The standard InChI is InChI=1S/C17H20FN/c1-4-17(19-3)14-10-8-13(9-11-14)15-6-5-7-16(18)12(15)2/h5-11,17,19H,4H2,1-3H3. The fourth-order valence-corrected chi connectivity index (χ4v) is 2.42. The second-order valence-corrected chi connectivity index (χ2v) is 4.78. The Hall–Kier alpha value is -1.67. The number of rotatable bonds is 4. The molecule has 1 atom stereocenters. The van der Waals surface area contributed by atoms with E-state index in [1.807, 2.05) is 20.0 Å². The van der Waals surface area contributed by atoms with Crippen molar-refractivity contribution in [1.29, 1.82) is 0 Å². The van der Waals surface area contributed by atoms with Gasteiger partial charge in [-0.15, -0.1) is 0 Å². The summed E-state index contributed by atoms with van der Waals surface area (Å²) in [4.78, 5) is 0. The van der Waals surface area contributed by atoms with Crippen LogP contribution in [0.3, 0.4) is 0 Å². The lowest BCUT2D eigenvalue weighted by molar-refractivity contribution is 0.577. The minimum absolute atomic E-state index is 0.150. The van der Waals surface area contributed by atoms with Crippen molar-refractivity contribution in [2.24, 2.45) is 0 Å². The van der Waals surface area contributed by atoms with Gasteiger partial charge in [0.25, 0.3) is 0 Å². The highest BCUT2D eigenvalue weighted by atomic mass is 19.1. The Bertz CT molecular complexity index is 542. The van der Waals surface area contributed by atoms with E-state index in [1.165, 1.54) is 11.6 Å². The number of halogens is 1. The van der Waals surface area contributed by atoms with Crippen LogP contribution in [0.2, 0.25) is 0 Å². The van der Waals surface area contributed by atoms with Crippen LogP contribution in [0, 0.1) is 12.7 Å². The summed E-state index contributed by atoms with van der Waals surface area (Å²) in [6, 6.07) is 14.0. The average Bonchev–Trinajstić information content (AvgIpc) is 2.44. The monoisotopic (exact) mass is 257 g/mol. The lowest BCUT2D eigenvalue weighted by atomic mass is 9.97. The van der Waals surface area contributed by atoms with E-state index in [0.29, 0.717) is 11.6 Å². The van der Waals surface area contributed by atoms with Crippen LogP contribution in [-0.4, -0.2) is 7.05 Å². The summed E-state index contributed by atoms with van der Waals surface area (Å²) in [5, 5.41) is 3.29. The third-order valence-corrected chi connectivity index (χ3v) is 3.65. The molecule has 0 radical (unpaired) electrons. The molecule has 0 saturated carbocycles. The topological polar surface area (TPSA) is 12.0 Å². The molecule has 0 aliphatic rings. The molecule has 19 heavy (non-hydrogen) atoms. The van der Waals surface area contributed by atoms with E-state index in [2.05, 4.69) is 36.5 Å². The molecule has 1 unspecified atom stereocenters. The lowest BCUT2D eigenvalue weighted by Gasteiger charge is -2.15. The second-order valence-electron chi connectivity index (χ2n) is 4.78. The molecule has 0 spiro atoms. The quantitative estimate of drug-likeness (QED) is 0.852. The first-order valence-electron chi connectivity index (χ1n) is 6.70. The van der Waals surface area contributed by atoms with E-state index in [1.54, 1.807) is 6.07 Å². The van der Waals surface area contributed by atoms with Gasteiger partial charge in [-0.3, -0.25) is 0 Å². The van der Waals surface area contributed by atoms with Crippen LogP contribution < -0.4 is 5.32 Å². The van der Waals surface area contributed by atoms with Crippen molar-refractivity contribution in [2.75, 3.05) is 7.05 Å². The number of hydrogen-bond donors (Lipinski definition) is 1. The molecular weight excluding hydrogens is 237 g/mol. The van der Waals surface area contributed by atoms with Gasteiger partial charge in [0, 0.05) is 6.04 Å². The van der Waals surface area contributed by atoms with E-state index in [-0.39, 0.29) is 5.82 Å². The van der Waals surface area contributed by atoms with E-state index < -0.39 is 0 Å². The zero-order chi connectivity index (χ0) is 13.8. The van der Waals surface area contributed by atoms with Gasteiger partial charge in [0.2, 0.25) is 0 Å². The first-order valence-corrected chi connectivity index (χ1v) is 6.70. The first kappa shape index (κ1) is 13.8. The number of benzene rings is 2. The maximum absolute atomic E-state index is 13.6. The Morgan fingerprint density at radius 2 is 1.79 bits per heavy atom. The SMILES string of the molecule is CCC(NC)c1ccc(-c2cccc(F)c2C)cc1. The Morgan fingerprint density at radius 1 is 1.11 bits per heavy atom. The summed E-state index contributed by atoms with van der Waals surface area (Å²) in [7, 11) is 1.97. The molecule has 0 aliphatic heterocycles. The van der Waals surface area contributed by atoms with Gasteiger partial charge >= 0.3 is 0 Å².